The van der Waals surface area contributed by atoms with E-state index < -0.39 is 10.0 Å². The van der Waals surface area contributed by atoms with E-state index in [4.69, 9.17) is 0 Å². The molecule has 1 aromatic rings. The highest BCUT2D eigenvalue weighted by Crippen LogP contribution is 2.38. The van der Waals surface area contributed by atoms with Gasteiger partial charge in [-0.1, -0.05) is 31.4 Å². The predicted molar refractivity (Wildman–Crippen MR) is 109 cm³/mol. The summed E-state index contributed by atoms with van der Waals surface area (Å²) in [5.74, 6) is 0.148. The van der Waals surface area contributed by atoms with E-state index in [0.717, 1.165) is 49.3 Å². The third-order valence-corrected chi connectivity index (χ3v) is 6.56. The molecule has 146 valence electrons. The quantitative estimate of drug-likeness (QED) is 0.743. The highest BCUT2D eigenvalue weighted by Gasteiger charge is 2.40. The van der Waals surface area contributed by atoms with E-state index in [9.17, 15) is 18.0 Å². The lowest BCUT2D eigenvalue weighted by atomic mass is 9.84. The molecule has 1 aliphatic carbocycles. The molecule has 2 fully saturated rings. The third kappa shape index (κ3) is 4.93. The van der Waals surface area contributed by atoms with Gasteiger partial charge in [0.2, 0.25) is 10.0 Å². The summed E-state index contributed by atoms with van der Waals surface area (Å²) in [7, 11) is -3.33. The summed E-state index contributed by atoms with van der Waals surface area (Å²) in [6.07, 6.45) is 8.46. The lowest BCUT2D eigenvalue weighted by molar-refractivity contribution is -0.125. The van der Waals surface area contributed by atoms with Gasteiger partial charge in [0.15, 0.2) is 0 Å². The van der Waals surface area contributed by atoms with Crippen molar-refractivity contribution in [3.63, 3.8) is 0 Å². The minimum atomic E-state index is -3.33. The number of thioether (sulfide) groups is 1. The zero-order chi connectivity index (χ0) is 19.6. The van der Waals surface area contributed by atoms with Crippen LogP contribution in [0.3, 0.4) is 0 Å². The van der Waals surface area contributed by atoms with Gasteiger partial charge in [0.05, 0.1) is 11.2 Å². The van der Waals surface area contributed by atoms with Crippen LogP contribution in [0.2, 0.25) is 0 Å². The van der Waals surface area contributed by atoms with Gasteiger partial charge < -0.3 is 0 Å². The molecule has 6 nitrogen and oxygen atoms in total. The molecular weight excluding hydrogens is 384 g/mol. The Morgan fingerprint density at radius 2 is 1.78 bits per heavy atom. The van der Waals surface area contributed by atoms with Crippen LogP contribution in [-0.2, 0) is 14.8 Å². The molecule has 1 heterocycles. The lowest BCUT2D eigenvalue weighted by Crippen LogP contribution is -2.42. The molecule has 27 heavy (non-hydrogen) atoms. The standard InChI is InChI=1S/C19H24N2O4S2/c1-13(15-6-4-3-5-7-15)21-18(22)17(26-19(21)23)12-14-8-10-16(11-9-14)20-27(2,24)25/h8-13,15,20H,3-7H2,1-2H3/b17-12-. The number of nitrogens with one attached hydrogen (secondary N) is 1. The molecule has 1 aliphatic heterocycles. The molecule has 0 bridgehead atoms. The number of amides is 2. The van der Waals surface area contributed by atoms with Crippen molar-refractivity contribution in [3.05, 3.63) is 34.7 Å². The van der Waals surface area contributed by atoms with Crippen LogP contribution in [-0.4, -0.2) is 36.8 Å². The number of anilines is 1. The molecule has 8 heteroatoms. The van der Waals surface area contributed by atoms with E-state index in [2.05, 4.69) is 4.72 Å². The number of carbonyl (C=O) groups is 2. The van der Waals surface area contributed by atoms with E-state index in [1.165, 1.54) is 11.3 Å². The van der Waals surface area contributed by atoms with Gasteiger partial charge in [0.1, 0.15) is 0 Å². The SMILES string of the molecule is CC(C1CCCCC1)N1C(=O)S/C(=C\c2ccc(NS(C)(=O)=O)cc2)C1=O. The highest BCUT2D eigenvalue weighted by molar-refractivity contribution is 8.18. The summed E-state index contributed by atoms with van der Waals surface area (Å²) in [4.78, 5) is 27.0. The minimum Gasteiger partial charge on any atom is -0.284 e. The van der Waals surface area contributed by atoms with Crippen LogP contribution in [0.4, 0.5) is 10.5 Å². The Hall–Kier alpha value is -1.80. The van der Waals surface area contributed by atoms with Crippen LogP contribution in [0.5, 0.6) is 0 Å². The summed E-state index contributed by atoms with van der Waals surface area (Å²) in [6, 6.07) is 6.60. The third-order valence-electron chi connectivity index (χ3n) is 5.07. The number of carbonyl (C=O) groups excluding carboxylic acids is 2. The Labute approximate surface area is 164 Å². The van der Waals surface area contributed by atoms with Crippen molar-refractivity contribution in [1.29, 1.82) is 0 Å². The van der Waals surface area contributed by atoms with Crippen LogP contribution in [0, 0.1) is 5.92 Å². The van der Waals surface area contributed by atoms with Crippen LogP contribution < -0.4 is 4.72 Å². The summed E-state index contributed by atoms with van der Waals surface area (Å²) in [5, 5.41) is -0.209. The molecule has 1 atom stereocenters. The average Bonchev–Trinajstić information content (AvgIpc) is 2.89. The molecule has 1 N–H and O–H groups in total. The van der Waals surface area contributed by atoms with Gasteiger partial charge in [0.25, 0.3) is 11.1 Å². The monoisotopic (exact) mass is 408 g/mol. The summed E-state index contributed by atoms with van der Waals surface area (Å²) in [5.41, 5.74) is 1.19. The molecule has 2 aliphatic rings. The normalized spacial score (nSPS) is 21.7. The van der Waals surface area contributed by atoms with Crippen molar-refractivity contribution in [2.75, 3.05) is 11.0 Å². The van der Waals surface area contributed by atoms with Crippen LogP contribution in [0.15, 0.2) is 29.2 Å². The number of rotatable bonds is 5. The number of nitrogens with zero attached hydrogens (tertiary/aromatic N) is 1. The summed E-state index contributed by atoms with van der Waals surface area (Å²) < 4.78 is 24.9. The molecule has 1 saturated carbocycles. The summed E-state index contributed by atoms with van der Waals surface area (Å²) >= 11 is 0.970. The zero-order valence-electron chi connectivity index (χ0n) is 15.5. The number of sulfonamides is 1. The van der Waals surface area contributed by atoms with Crippen molar-refractivity contribution in [2.45, 2.75) is 45.1 Å². The smallest absolute Gasteiger partial charge is 0.284 e. The Morgan fingerprint density at radius 1 is 1.15 bits per heavy atom. The predicted octanol–water partition coefficient (Wildman–Crippen LogP) is 4.06. The molecule has 0 spiro atoms. The van der Waals surface area contributed by atoms with E-state index in [1.54, 1.807) is 30.3 Å². The molecule has 3 rings (SSSR count). The van der Waals surface area contributed by atoms with Crippen LogP contribution >= 0.6 is 11.8 Å². The molecule has 1 unspecified atom stereocenters. The average molecular weight is 409 g/mol. The van der Waals surface area contributed by atoms with E-state index in [-0.39, 0.29) is 17.2 Å². The molecule has 0 aromatic heterocycles. The topological polar surface area (TPSA) is 83.6 Å². The van der Waals surface area contributed by atoms with Gasteiger partial charge in [-0.15, -0.1) is 0 Å². The second kappa shape index (κ2) is 8.06. The lowest BCUT2D eigenvalue weighted by Gasteiger charge is -2.32. The highest BCUT2D eigenvalue weighted by atomic mass is 32.2. The van der Waals surface area contributed by atoms with Crippen molar-refractivity contribution < 1.29 is 18.0 Å². The molecular formula is C19H24N2O4S2. The number of hydrogen-bond donors (Lipinski definition) is 1. The summed E-state index contributed by atoms with van der Waals surface area (Å²) in [6.45, 7) is 1.97. The first-order chi connectivity index (χ1) is 12.7. The fourth-order valence-electron chi connectivity index (χ4n) is 3.67. The molecule has 0 radical (unpaired) electrons. The van der Waals surface area contributed by atoms with Gasteiger partial charge >= 0.3 is 0 Å². The minimum absolute atomic E-state index is 0.0787. The number of hydrogen-bond acceptors (Lipinski definition) is 5. The first-order valence-corrected chi connectivity index (χ1v) is 11.8. The van der Waals surface area contributed by atoms with Gasteiger partial charge in [-0.3, -0.25) is 19.2 Å². The number of benzene rings is 1. The van der Waals surface area contributed by atoms with Crippen molar-refractivity contribution in [3.8, 4) is 0 Å². The fourth-order valence-corrected chi connectivity index (χ4v) is 5.15. The van der Waals surface area contributed by atoms with E-state index >= 15 is 0 Å². The first-order valence-electron chi connectivity index (χ1n) is 9.09. The van der Waals surface area contributed by atoms with Gasteiger partial charge in [0, 0.05) is 11.7 Å². The largest absolute Gasteiger partial charge is 0.293 e. The van der Waals surface area contributed by atoms with Gasteiger partial charge in [-0.05, 0) is 61.2 Å². The fraction of sp³-hybridized carbons (Fsp3) is 0.474. The number of imide groups is 1. The Kier molecular flexibility index (Phi) is 5.95. The van der Waals surface area contributed by atoms with Crippen molar-refractivity contribution in [2.24, 2.45) is 5.92 Å². The van der Waals surface area contributed by atoms with Crippen molar-refractivity contribution >= 4 is 44.7 Å². The maximum absolute atomic E-state index is 12.8. The molecule has 1 saturated heterocycles. The Morgan fingerprint density at radius 3 is 2.37 bits per heavy atom. The maximum atomic E-state index is 12.8. The van der Waals surface area contributed by atoms with Crippen LogP contribution in [0.25, 0.3) is 6.08 Å². The van der Waals surface area contributed by atoms with Crippen molar-refractivity contribution in [1.82, 2.24) is 4.90 Å². The second-order valence-electron chi connectivity index (χ2n) is 7.19. The van der Waals surface area contributed by atoms with Crippen LogP contribution in [0.1, 0.15) is 44.6 Å². The van der Waals surface area contributed by atoms with E-state index in [0.29, 0.717) is 16.5 Å². The first kappa shape index (κ1) is 19.9. The zero-order valence-corrected chi connectivity index (χ0v) is 17.1. The van der Waals surface area contributed by atoms with Gasteiger partial charge in [-0.25, -0.2) is 8.42 Å². The maximum Gasteiger partial charge on any atom is 0.293 e. The Bertz CT molecular complexity index is 856. The van der Waals surface area contributed by atoms with E-state index in [1.807, 2.05) is 6.92 Å². The van der Waals surface area contributed by atoms with Gasteiger partial charge in [-0.2, -0.15) is 0 Å². The Balaban J connectivity index is 1.73. The molecule has 1 aromatic carbocycles. The second-order valence-corrected chi connectivity index (χ2v) is 9.93. The molecule has 2 amide bonds.